The minimum absolute atomic E-state index is 0.0650. The number of carbonyl (C=O) groups excluding carboxylic acids is 2. The van der Waals surface area contributed by atoms with Crippen molar-refractivity contribution in [1.82, 2.24) is 0 Å². The highest BCUT2D eigenvalue weighted by atomic mass is 16.5. The van der Waals surface area contributed by atoms with Crippen LogP contribution in [0, 0.1) is 17.2 Å². The molecule has 0 bridgehead atoms. The molecule has 0 radical (unpaired) electrons. The molecule has 7 nitrogen and oxygen atoms in total. The van der Waals surface area contributed by atoms with Crippen molar-refractivity contribution in [3.8, 4) is 17.6 Å². The molecule has 1 aromatic rings. The van der Waals surface area contributed by atoms with E-state index in [9.17, 15) is 14.9 Å². The Kier molecular flexibility index (Phi) is 7.68. The number of nitriles is 1. The molecule has 1 saturated carbocycles. The van der Waals surface area contributed by atoms with Crippen molar-refractivity contribution in [3.63, 3.8) is 0 Å². The molecule has 1 aromatic carbocycles. The van der Waals surface area contributed by atoms with Gasteiger partial charge in [0.1, 0.15) is 0 Å². The van der Waals surface area contributed by atoms with Gasteiger partial charge in [0.2, 0.25) is 0 Å². The largest absolute Gasteiger partial charge is 0.493 e. The minimum Gasteiger partial charge on any atom is -0.493 e. The van der Waals surface area contributed by atoms with E-state index in [1.54, 1.807) is 25.3 Å². The topological polar surface area (TPSA) is 94.9 Å². The first-order valence-electron chi connectivity index (χ1n) is 9.34. The second-order valence-electron chi connectivity index (χ2n) is 6.97. The summed E-state index contributed by atoms with van der Waals surface area (Å²) in [5.74, 6) is 0.889. The lowest BCUT2D eigenvalue weighted by molar-refractivity contribution is -0.141. The monoisotopic (exact) mass is 389 g/mol. The number of hydrogen-bond donors (Lipinski definition) is 0. The van der Waals surface area contributed by atoms with Crippen molar-refractivity contribution in [1.29, 1.82) is 5.26 Å². The number of rotatable bonds is 11. The van der Waals surface area contributed by atoms with Crippen LogP contribution in [-0.2, 0) is 24.5 Å². The molecular weight excluding hydrogens is 362 g/mol. The smallest absolute Gasteiger partial charge is 0.305 e. The van der Waals surface area contributed by atoms with Gasteiger partial charge in [0.25, 0.3) is 0 Å². The van der Waals surface area contributed by atoms with Crippen LogP contribution < -0.4 is 9.47 Å². The first kappa shape index (κ1) is 21.5. The van der Waals surface area contributed by atoms with E-state index in [0.29, 0.717) is 29.6 Å². The summed E-state index contributed by atoms with van der Waals surface area (Å²) in [6.07, 6.45) is 2.89. The van der Waals surface area contributed by atoms with Crippen molar-refractivity contribution in [2.24, 2.45) is 5.92 Å². The molecule has 0 spiro atoms. The third-order valence-corrected chi connectivity index (χ3v) is 5.07. The highest BCUT2D eigenvalue weighted by Gasteiger charge is 2.35. The van der Waals surface area contributed by atoms with E-state index >= 15 is 0 Å². The van der Waals surface area contributed by atoms with E-state index in [0.717, 1.165) is 12.8 Å². The van der Waals surface area contributed by atoms with Gasteiger partial charge in [0, 0.05) is 12.8 Å². The van der Waals surface area contributed by atoms with E-state index in [-0.39, 0.29) is 25.7 Å². The Balaban J connectivity index is 2.32. The van der Waals surface area contributed by atoms with Crippen LogP contribution in [0.5, 0.6) is 11.5 Å². The zero-order valence-corrected chi connectivity index (χ0v) is 16.7. The van der Waals surface area contributed by atoms with Crippen molar-refractivity contribution in [3.05, 3.63) is 23.8 Å². The number of ether oxygens (including phenoxy) is 4. The predicted octanol–water partition coefficient (Wildman–Crippen LogP) is 3.15. The molecule has 0 amide bonds. The number of methoxy groups -OCH3 is 3. The standard InChI is InChI=1S/C21H27NO6/c1-25-17-7-6-16(12-18(17)28-13-15-4-5-15)21(14-22,10-8-19(23)26-2)11-9-20(24)27-3/h6-7,12,15H,4-5,8-11,13H2,1-3H3. The van der Waals surface area contributed by atoms with Gasteiger partial charge in [-0.3, -0.25) is 9.59 Å². The minimum atomic E-state index is -1.05. The lowest BCUT2D eigenvalue weighted by Gasteiger charge is -2.27. The molecule has 152 valence electrons. The summed E-state index contributed by atoms with van der Waals surface area (Å²) in [5, 5.41) is 10.0. The van der Waals surface area contributed by atoms with Crippen LogP contribution in [-0.4, -0.2) is 39.9 Å². The normalized spacial score (nSPS) is 13.4. The summed E-state index contributed by atoms with van der Waals surface area (Å²) in [5.41, 5.74) is -0.374. The number of esters is 2. The van der Waals surface area contributed by atoms with Crippen LogP contribution in [0.4, 0.5) is 0 Å². The summed E-state index contributed by atoms with van der Waals surface area (Å²) in [7, 11) is 4.18. The summed E-state index contributed by atoms with van der Waals surface area (Å²) in [4.78, 5) is 23.4. The van der Waals surface area contributed by atoms with Gasteiger partial charge in [0.15, 0.2) is 11.5 Å². The fraction of sp³-hybridized carbons (Fsp3) is 0.571. The maximum atomic E-state index is 11.7. The molecule has 0 saturated heterocycles. The average Bonchev–Trinajstić information content (AvgIpc) is 3.56. The summed E-state index contributed by atoms with van der Waals surface area (Å²) >= 11 is 0. The molecule has 1 fully saturated rings. The Morgan fingerprint density at radius 3 is 2.14 bits per heavy atom. The van der Waals surface area contributed by atoms with E-state index in [1.807, 2.05) is 0 Å². The Morgan fingerprint density at radius 2 is 1.68 bits per heavy atom. The van der Waals surface area contributed by atoms with Gasteiger partial charge < -0.3 is 18.9 Å². The summed E-state index contributed by atoms with van der Waals surface area (Å²) in [6.45, 7) is 0.601. The molecule has 0 aliphatic heterocycles. The molecule has 7 heteroatoms. The van der Waals surface area contributed by atoms with Crippen LogP contribution in [0.15, 0.2) is 18.2 Å². The van der Waals surface area contributed by atoms with Crippen LogP contribution >= 0.6 is 0 Å². The molecular formula is C21H27NO6. The van der Waals surface area contributed by atoms with Gasteiger partial charge in [-0.05, 0) is 49.3 Å². The Labute approximate surface area is 165 Å². The van der Waals surface area contributed by atoms with E-state index in [2.05, 4.69) is 6.07 Å². The highest BCUT2D eigenvalue weighted by Crippen LogP contribution is 2.40. The third-order valence-electron chi connectivity index (χ3n) is 5.07. The Bertz CT molecular complexity index is 715. The number of hydrogen-bond acceptors (Lipinski definition) is 7. The summed E-state index contributed by atoms with van der Waals surface area (Å²) < 4.78 is 20.7. The lowest BCUT2D eigenvalue weighted by Crippen LogP contribution is -2.27. The molecule has 2 rings (SSSR count). The van der Waals surface area contributed by atoms with Gasteiger partial charge in [0.05, 0.1) is 39.4 Å². The van der Waals surface area contributed by atoms with Crippen LogP contribution in [0.1, 0.15) is 44.1 Å². The molecule has 1 aliphatic rings. The zero-order valence-electron chi connectivity index (χ0n) is 16.7. The first-order valence-corrected chi connectivity index (χ1v) is 9.34. The Hall–Kier alpha value is -2.75. The molecule has 0 aromatic heterocycles. The number of carbonyl (C=O) groups is 2. The van der Waals surface area contributed by atoms with Crippen molar-refractivity contribution in [2.45, 2.75) is 43.9 Å². The molecule has 0 unspecified atom stereocenters. The van der Waals surface area contributed by atoms with E-state index < -0.39 is 17.4 Å². The maximum absolute atomic E-state index is 11.7. The van der Waals surface area contributed by atoms with Gasteiger partial charge in [-0.25, -0.2) is 0 Å². The third kappa shape index (κ3) is 5.62. The maximum Gasteiger partial charge on any atom is 0.305 e. The van der Waals surface area contributed by atoms with Crippen molar-refractivity contribution < 1.29 is 28.5 Å². The second-order valence-corrected chi connectivity index (χ2v) is 6.97. The first-order chi connectivity index (χ1) is 13.5. The fourth-order valence-corrected chi connectivity index (χ4v) is 3.00. The predicted molar refractivity (Wildman–Crippen MR) is 101 cm³/mol. The van der Waals surface area contributed by atoms with Crippen LogP contribution in [0.3, 0.4) is 0 Å². The lowest BCUT2D eigenvalue weighted by atomic mass is 9.74. The van der Waals surface area contributed by atoms with Crippen LogP contribution in [0.2, 0.25) is 0 Å². The summed E-state index contributed by atoms with van der Waals surface area (Å²) in [6, 6.07) is 7.63. The van der Waals surface area contributed by atoms with E-state index in [1.165, 1.54) is 14.2 Å². The fourth-order valence-electron chi connectivity index (χ4n) is 3.00. The number of benzene rings is 1. The highest BCUT2D eigenvalue weighted by molar-refractivity contribution is 5.70. The van der Waals surface area contributed by atoms with Gasteiger partial charge >= 0.3 is 11.9 Å². The number of nitrogens with zero attached hydrogens (tertiary/aromatic N) is 1. The quantitative estimate of drug-likeness (QED) is 0.537. The van der Waals surface area contributed by atoms with Gasteiger partial charge in [-0.15, -0.1) is 0 Å². The van der Waals surface area contributed by atoms with E-state index in [4.69, 9.17) is 18.9 Å². The van der Waals surface area contributed by atoms with Gasteiger partial charge in [-0.1, -0.05) is 6.07 Å². The zero-order chi connectivity index (χ0) is 20.6. The van der Waals surface area contributed by atoms with Gasteiger partial charge in [-0.2, -0.15) is 5.26 Å². The van der Waals surface area contributed by atoms with Crippen LogP contribution in [0.25, 0.3) is 0 Å². The molecule has 1 aliphatic carbocycles. The SMILES string of the molecule is COC(=O)CCC(C#N)(CCC(=O)OC)c1ccc(OC)c(OCC2CC2)c1. The van der Waals surface area contributed by atoms with Crippen molar-refractivity contribution >= 4 is 11.9 Å². The second kappa shape index (κ2) is 9.98. The van der Waals surface area contributed by atoms with Crippen molar-refractivity contribution in [2.75, 3.05) is 27.9 Å². The average molecular weight is 389 g/mol. The molecule has 0 atom stereocenters. The molecule has 28 heavy (non-hydrogen) atoms. The molecule has 0 N–H and O–H groups in total. The Morgan fingerprint density at radius 1 is 1.07 bits per heavy atom. The molecule has 0 heterocycles.